The molecule has 0 bridgehead atoms. The number of aromatic amines is 2. The first-order valence-electron chi connectivity index (χ1n) is 9.18. The Hall–Kier alpha value is -3.68. The Balaban J connectivity index is 1.64. The molecule has 0 spiro atoms. The highest BCUT2D eigenvalue weighted by Gasteiger charge is 2.30. The summed E-state index contributed by atoms with van der Waals surface area (Å²) in [5.41, 5.74) is 6.03. The van der Waals surface area contributed by atoms with Crippen LogP contribution in [-0.2, 0) is 17.6 Å². The topological polar surface area (TPSA) is 101 Å². The Kier molecular flexibility index (Phi) is 3.82. The maximum absolute atomic E-state index is 12.5. The monoisotopic (exact) mass is 374 g/mol. The molecule has 1 aliphatic carbocycles. The summed E-state index contributed by atoms with van der Waals surface area (Å²) < 4.78 is 7.04. The van der Waals surface area contributed by atoms with Crippen LogP contribution in [0.3, 0.4) is 0 Å². The first-order valence-corrected chi connectivity index (χ1v) is 9.18. The number of hydrogen-bond donors (Lipinski definition) is 2. The van der Waals surface area contributed by atoms with Gasteiger partial charge >= 0.3 is 5.97 Å². The van der Waals surface area contributed by atoms with Crippen LogP contribution in [0.5, 0.6) is 0 Å². The highest BCUT2D eigenvalue weighted by molar-refractivity contribution is 5.92. The SMILES string of the molecule is CCOC(=O)c1nn(-c2ccc(-c3ncc[nH]3)cc2)c2c1CCc1[nH]ncc1-2. The number of rotatable bonds is 4. The lowest BCUT2D eigenvalue weighted by Gasteiger charge is -2.14. The van der Waals surface area contributed by atoms with E-state index in [0.29, 0.717) is 18.7 Å². The molecule has 3 heterocycles. The molecular weight excluding hydrogens is 356 g/mol. The number of nitrogens with zero attached hydrogens (tertiary/aromatic N) is 4. The second-order valence-electron chi connectivity index (χ2n) is 6.55. The molecule has 0 radical (unpaired) electrons. The minimum absolute atomic E-state index is 0.315. The van der Waals surface area contributed by atoms with Crippen molar-refractivity contribution in [1.82, 2.24) is 29.9 Å². The smallest absolute Gasteiger partial charge is 0.359 e. The average molecular weight is 374 g/mol. The Labute approximate surface area is 160 Å². The normalized spacial score (nSPS) is 12.5. The van der Waals surface area contributed by atoms with Crippen LogP contribution in [-0.4, -0.2) is 42.5 Å². The molecule has 0 saturated carbocycles. The van der Waals surface area contributed by atoms with E-state index in [-0.39, 0.29) is 0 Å². The van der Waals surface area contributed by atoms with Crippen LogP contribution in [0.4, 0.5) is 0 Å². The van der Waals surface area contributed by atoms with E-state index in [0.717, 1.165) is 46.0 Å². The fraction of sp³-hybridized carbons (Fsp3) is 0.200. The van der Waals surface area contributed by atoms with Gasteiger partial charge in [-0.3, -0.25) is 5.10 Å². The number of aryl methyl sites for hydroxylation is 1. The number of esters is 1. The van der Waals surface area contributed by atoms with Crippen LogP contribution in [0.2, 0.25) is 0 Å². The van der Waals surface area contributed by atoms with Crippen molar-refractivity contribution < 1.29 is 9.53 Å². The van der Waals surface area contributed by atoms with E-state index in [9.17, 15) is 4.79 Å². The third kappa shape index (κ3) is 2.53. The lowest BCUT2D eigenvalue weighted by molar-refractivity contribution is 0.0517. The number of benzene rings is 1. The molecule has 8 heteroatoms. The largest absolute Gasteiger partial charge is 0.461 e. The van der Waals surface area contributed by atoms with Crippen molar-refractivity contribution in [2.75, 3.05) is 6.61 Å². The van der Waals surface area contributed by atoms with Gasteiger partial charge in [0.2, 0.25) is 0 Å². The molecule has 0 amide bonds. The summed E-state index contributed by atoms with van der Waals surface area (Å²) in [6, 6.07) is 7.89. The highest BCUT2D eigenvalue weighted by Crippen LogP contribution is 2.36. The zero-order chi connectivity index (χ0) is 19.1. The Morgan fingerprint density at radius 3 is 2.86 bits per heavy atom. The van der Waals surface area contributed by atoms with Crippen LogP contribution in [0.25, 0.3) is 28.3 Å². The predicted molar refractivity (Wildman–Crippen MR) is 102 cm³/mol. The van der Waals surface area contributed by atoms with Crippen LogP contribution in [0.1, 0.15) is 28.7 Å². The second-order valence-corrected chi connectivity index (χ2v) is 6.55. The van der Waals surface area contributed by atoms with E-state index in [1.54, 1.807) is 30.2 Å². The molecule has 3 aromatic heterocycles. The summed E-state index contributed by atoms with van der Waals surface area (Å²) in [6.07, 6.45) is 6.80. The van der Waals surface area contributed by atoms with E-state index in [1.807, 2.05) is 24.3 Å². The minimum Gasteiger partial charge on any atom is -0.461 e. The highest BCUT2D eigenvalue weighted by atomic mass is 16.5. The Bertz CT molecular complexity index is 1140. The van der Waals surface area contributed by atoms with Crippen molar-refractivity contribution in [3.05, 3.63) is 59.8 Å². The van der Waals surface area contributed by atoms with Crippen LogP contribution >= 0.6 is 0 Å². The number of nitrogens with one attached hydrogen (secondary N) is 2. The number of carbonyl (C=O) groups excluding carboxylic acids is 1. The molecule has 2 N–H and O–H groups in total. The number of hydrogen-bond acceptors (Lipinski definition) is 5. The summed E-state index contributed by atoms with van der Waals surface area (Å²) in [7, 11) is 0. The molecule has 0 fully saturated rings. The molecule has 140 valence electrons. The average Bonchev–Trinajstić information content (AvgIpc) is 3.46. The van der Waals surface area contributed by atoms with Gasteiger partial charge < -0.3 is 9.72 Å². The van der Waals surface area contributed by atoms with Gasteiger partial charge in [-0.25, -0.2) is 14.5 Å². The summed E-state index contributed by atoms with van der Waals surface area (Å²) in [6.45, 7) is 2.11. The van der Waals surface area contributed by atoms with Gasteiger partial charge in [-0.05, 0) is 44.0 Å². The van der Waals surface area contributed by atoms with Crippen molar-refractivity contribution in [2.45, 2.75) is 19.8 Å². The van der Waals surface area contributed by atoms with Gasteiger partial charge in [-0.2, -0.15) is 10.2 Å². The Morgan fingerprint density at radius 2 is 2.11 bits per heavy atom. The van der Waals surface area contributed by atoms with E-state index in [2.05, 4.69) is 25.3 Å². The number of carbonyl (C=O) groups is 1. The molecule has 4 aromatic rings. The van der Waals surface area contributed by atoms with E-state index in [4.69, 9.17) is 4.74 Å². The molecule has 5 rings (SSSR count). The maximum Gasteiger partial charge on any atom is 0.359 e. The fourth-order valence-corrected chi connectivity index (χ4v) is 3.66. The molecule has 0 unspecified atom stereocenters. The first kappa shape index (κ1) is 16.5. The van der Waals surface area contributed by atoms with Gasteiger partial charge in [0.1, 0.15) is 5.82 Å². The predicted octanol–water partition coefficient (Wildman–Crippen LogP) is 2.93. The number of fused-ring (bicyclic) bond motifs is 3. The lowest BCUT2D eigenvalue weighted by Crippen LogP contribution is -2.10. The van der Waals surface area contributed by atoms with Gasteiger partial charge in [0.15, 0.2) is 5.69 Å². The molecule has 28 heavy (non-hydrogen) atoms. The van der Waals surface area contributed by atoms with Crippen molar-refractivity contribution >= 4 is 5.97 Å². The van der Waals surface area contributed by atoms with Gasteiger partial charge in [0.25, 0.3) is 0 Å². The molecule has 0 atom stereocenters. The zero-order valence-corrected chi connectivity index (χ0v) is 15.3. The molecule has 1 aliphatic rings. The first-order chi connectivity index (χ1) is 13.8. The number of aromatic nitrogens is 6. The minimum atomic E-state index is -0.392. The second kappa shape index (κ2) is 6.49. The third-order valence-electron chi connectivity index (χ3n) is 4.93. The van der Waals surface area contributed by atoms with Crippen molar-refractivity contribution in [3.8, 4) is 28.3 Å². The quantitative estimate of drug-likeness (QED) is 0.535. The summed E-state index contributed by atoms with van der Waals surface area (Å²) in [5, 5.41) is 11.9. The van der Waals surface area contributed by atoms with Gasteiger partial charge in [-0.15, -0.1) is 0 Å². The summed E-state index contributed by atoms with van der Waals surface area (Å²) in [5.74, 6) is 0.412. The standard InChI is InChI=1S/C20H18N6O2/c1-2-28-20(27)17-14-7-8-16-15(11-23-24-16)18(14)26(25-17)13-5-3-12(4-6-13)19-21-9-10-22-19/h3-6,9-11H,2,7-8H2,1H3,(H,21,22)(H,23,24). The molecule has 1 aromatic carbocycles. The van der Waals surface area contributed by atoms with Gasteiger partial charge in [0, 0.05) is 34.8 Å². The van der Waals surface area contributed by atoms with Gasteiger partial charge in [-0.1, -0.05) is 0 Å². The molecule has 0 aliphatic heterocycles. The molecule has 8 nitrogen and oxygen atoms in total. The fourth-order valence-electron chi connectivity index (χ4n) is 3.66. The zero-order valence-electron chi connectivity index (χ0n) is 15.3. The van der Waals surface area contributed by atoms with Crippen LogP contribution < -0.4 is 0 Å². The van der Waals surface area contributed by atoms with Crippen molar-refractivity contribution in [3.63, 3.8) is 0 Å². The molecule has 0 saturated heterocycles. The lowest BCUT2D eigenvalue weighted by atomic mass is 9.94. The maximum atomic E-state index is 12.5. The van der Waals surface area contributed by atoms with Crippen molar-refractivity contribution in [1.29, 1.82) is 0 Å². The third-order valence-corrected chi connectivity index (χ3v) is 4.93. The number of H-pyrrole nitrogens is 2. The number of imidazole rings is 1. The van der Waals surface area contributed by atoms with Crippen molar-refractivity contribution in [2.24, 2.45) is 0 Å². The van der Waals surface area contributed by atoms with Crippen LogP contribution in [0, 0.1) is 0 Å². The van der Waals surface area contributed by atoms with E-state index < -0.39 is 5.97 Å². The molecular formula is C20H18N6O2. The summed E-state index contributed by atoms with van der Waals surface area (Å²) in [4.78, 5) is 19.9. The number of ether oxygens (including phenoxy) is 1. The van der Waals surface area contributed by atoms with Crippen LogP contribution in [0.15, 0.2) is 42.9 Å². The Morgan fingerprint density at radius 1 is 1.25 bits per heavy atom. The van der Waals surface area contributed by atoms with E-state index >= 15 is 0 Å². The van der Waals surface area contributed by atoms with Gasteiger partial charge in [0.05, 0.1) is 24.2 Å². The van der Waals surface area contributed by atoms with E-state index in [1.165, 1.54) is 0 Å². The summed E-state index contributed by atoms with van der Waals surface area (Å²) >= 11 is 0.